The lowest BCUT2D eigenvalue weighted by Gasteiger charge is -2.26. The molecular formula is C13H29N3. The van der Waals surface area contributed by atoms with Crippen molar-refractivity contribution in [1.82, 2.24) is 16.0 Å². The zero-order chi connectivity index (χ0) is 12.0. The van der Waals surface area contributed by atoms with Gasteiger partial charge in [0.25, 0.3) is 0 Å². The second-order valence-corrected chi connectivity index (χ2v) is 5.64. The highest BCUT2D eigenvalue weighted by Crippen LogP contribution is 2.11. The lowest BCUT2D eigenvalue weighted by atomic mass is 9.98. The zero-order valence-electron chi connectivity index (χ0n) is 11.3. The SMILES string of the molecule is CC1CCC(C)NC1.CC1CNC(C)NC1. The van der Waals surface area contributed by atoms with Gasteiger partial charge in [0.2, 0.25) is 0 Å². The average Bonchev–Trinajstić information content (AvgIpc) is 2.28. The van der Waals surface area contributed by atoms with E-state index in [1.54, 1.807) is 0 Å². The van der Waals surface area contributed by atoms with E-state index < -0.39 is 0 Å². The molecule has 3 N–H and O–H groups in total. The van der Waals surface area contributed by atoms with E-state index in [0.29, 0.717) is 6.17 Å². The van der Waals surface area contributed by atoms with Crippen molar-refractivity contribution in [3.63, 3.8) is 0 Å². The Morgan fingerprint density at radius 1 is 0.688 bits per heavy atom. The Morgan fingerprint density at radius 2 is 1.25 bits per heavy atom. The van der Waals surface area contributed by atoms with Crippen LogP contribution in [0.15, 0.2) is 0 Å². The second kappa shape index (κ2) is 7.25. The van der Waals surface area contributed by atoms with Crippen LogP contribution in [0.2, 0.25) is 0 Å². The molecule has 2 heterocycles. The molecule has 2 fully saturated rings. The smallest absolute Gasteiger partial charge is 0.0542 e. The summed E-state index contributed by atoms with van der Waals surface area (Å²) in [5.41, 5.74) is 0. The number of piperidine rings is 1. The summed E-state index contributed by atoms with van der Waals surface area (Å²) in [5.74, 6) is 1.71. The minimum atomic E-state index is 0.520. The van der Waals surface area contributed by atoms with Gasteiger partial charge >= 0.3 is 0 Å². The largest absolute Gasteiger partial charge is 0.314 e. The first-order valence-corrected chi connectivity index (χ1v) is 6.78. The van der Waals surface area contributed by atoms with Crippen molar-refractivity contribution in [2.24, 2.45) is 11.8 Å². The van der Waals surface area contributed by atoms with Crippen LogP contribution in [0.4, 0.5) is 0 Å². The lowest BCUT2D eigenvalue weighted by Crippen LogP contribution is -2.50. The molecule has 3 nitrogen and oxygen atoms in total. The second-order valence-electron chi connectivity index (χ2n) is 5.64. The van der Waals surface area contributed by atoms with Crippen LogP contribution in [0.25, 0.3) is 0 Å². The summed E-state index contributed by atoms with van der Waals surface area (Å²) in [7, 11) is 0. The minimum Gasteiger partial charge on any atom is -0.314 e. The van der Waals surface area contributed by atoms with Crippen LogP contribution in [0.1, 0.15) is 40.5 Å². The van der Waals surface area contributed by atoms with Crippen molar-refractivity contribution in [1.29, 1.82) is 0 Å². The maximum Gasteiger partial charge on any atom is 0.0542 e. The summed E-state index contributed by atoms with van der Waals surface area (Å²) in [6, 6.07) is 0.770. The molecule has 0 radical (unpaired) electrons. The molecule has 0 spiro atoms. The highest BCUT2D eigenvalue weighted by molar-refractivity contribution is 4.71. The van der Waals surface area contributed by atoms with Gasteiger partial charge in [-0.25, -0.2) is 0 Å². The molecule has 0 aromatic carbocycles. The van der Waals surface area contributed by atoms with Crippen LogP contribution >= 0.6 is 0 Å². The number of rotatable bonds is 0. The van der Waals surface area contributed by atoms with E-state index >= 15 is 0 Å². The van der Waals surface area contributed by atoms with Gasteiger partial charge in [0, 0.05) is 19.1 Å². The van der Waals surface area contributed by atoms with Crippen molar-refractivity contribution in [2.75, 3.05) is 19.6 Å². The van der Waals surface area contributed by atoms with Crippen molar-refractivity contribution < 1.29 is 0 Å². The number of hydrogen-bond donors (Lipinski definition) is 3. The first-order valence-electron chi connectivity index (χ1n) is 6.78. The molecule has 2 atom stereocenters. The first-order chi connectivity index (χ1) is 7.58. The number of nitrogens with one attached hydrogen (secondary N) is 3. The van der Waals surface area contributed by atoms with E-state index in [1.807, 2.05) is 0 Å². The van der Waals surface area contributed by atoms with Crippen molar-refractivity contribution >= 4 is 0 Å². The molecule has 2 unspecified atom stereocenters. The Hall–Kier alpha value is -0.120. The molecule has 2 aliphatic heterocycles. The van der Waals surface area contributed by atoms with Crippen molar-refractivity contribution in [2.45, 2.75) is 52.7 Å². The third-order valence-corrected chi connectivity index (χ3v) is 3.45. The summed E-state index contributed by atoms with van der Waals surface area (Å²) < 4.78 is 0. The first kappa shape index (κ1) is 13.9. The van der Waals surface area contributed by atoms with Crippen LogP contribution in [0.3, 0.4) is 0 Å². The Kier molecular flexibility index (Phi) is 6.32. The van der Waals surface area contributed by atoms with E-state index in [4.69, 9.17) is 0 Å². The molecule has 0 aliphatic carbocycles. The van der Waals surface area contributed by atoms with Crippen LogP contribution in [-0.4, -0.2) is 31.8 Å². The molecule has 0 saturated carbocycles. The van der Waals surface area contributed by atoms with Gasteiger partial charge in [-0.15, -0.1) is 0 Å². The van der Waals surface area contributed by atoms with E-state index in [0.717, 1.165) is 31.0 Å². The van der Waals surface area contributed by atoms with Crippen LogP contribution in [0.5, 0.6) is 0 Å². The molecule has 0 bridgehead atoms. The van der Waals surface area contributed by atoms with Crippen LogP contribution in [-0.2, 0) is 0 Å². The third-order valence-electron chi connectivity index (χ3n) is 3.45. The minimum absolute atomic E-state index is 0.520. The molecule has 2 saturated heterocycles. The predicted octanol–water partition coefficient (Wildman–Crippen LogP) is 1.56. The number of hydrogen-bond acceptors (Lipinski definition) is 3. The fourth-order valence-corrected chi connectivity index (χ4v) is 2.04. The topological polar surface area (TPSA) is 36.1 Å². The fourth-order valence-electron chi connectivity index (χ4n) is 2.04. The van der Waals surface area contributed by atoms with Gasteiger partial charge in [0.1, 0.15) is 0 Å². The van der Waals surface area contributed by atoms with E-state index in [1.165, 1.54) is 19.4 Å². The third kappa shape index (κ3) is 5.83. The van der Waals surface area contributed by atoms with E-state index in [-0.39, 0.29) is 0 Å². The zero-order valence-corrected chi connectivity index (χ0v) is 11.3. The van der Waals surface area contributed by atoms with Crippen LogP contribution in [0, 0.1) is 11.8 Å². The van der Waals surface area contributed by atoms with Gasteiger partial charge in [-0.05, 0) is 45.1 Å². The monoisotopic (exact) mass is 227 g/mol. The van der Waals surface area contributed by atoms with Crippen LogP contribution < -0.4 is 16.0 Å². The molecule has 0 amide bonds. The molecular weight excluding hydrogens is 198 g/mol. The Morgan fingerprint density at radius 3 is 1.62 bits per heavy atom. The molecule has 2 rings (SSSR count). The lowest BCUT2D eigenvalue weighted by molar-refractivity contribution is 0.325. The fraction of sp³-hybridized carbons (Fsp3) is 1.00. The molecule has 3 heteroatoms. The summed E-state index contributed by atoms with van der Waals surface area (Å²) >= 11 is 0. The van der Waals surface area contributed by atoms with Gasteiger partial charge in [0.05, 0.1) is 6.17 Å². The van der Waals surface area contributed by atoms with Gasteiger partial charge in [0.15, 0.2) is 0 Å². The maximum atomic E-state index is 3.43. The normalized spacial score (nSPS) is 39.8. The summed E-state index contributed by atoms with van der Waals surface area (Å²) in [6.07, 6.45) is 3.29. The Labute approximate surface area is 101 Å². The van der Waals surface area contributed by atoms with Crippen molar-refractivity contribution in [3.8, 4) is 0 Å². The standard InChI is InChI=1S/C7H15N.C6H14N2/c1-6-3-4-7(2)8-5-6;1-5-3-7-6(2)8-4-5/h6-8H,3-5H2,1-2H3;5-8H,3-4H2,1-2H3. The summed E-state index contributed by atoms with van der Waals surface area (Å²) in [6.45, 7) is 12.5. The molecule has 2 aliphatic rings. The summed E-state index contributed by atoms with van der Waals surface area (Å²) in [5, 5.41) is 10.1. The molecule has 16 heavy (non-hydrogen) atoms. The Bertz CT molecular complexity index is 128. The van der Waals surface area contributed by atoms with Gasteiger partial charge in [-0.1, -0.05) is 13.8 Å². The van der Waals surface area contributed by atoms with E-state index in [9.17, 15) is 0 Å². The highest BCUT2D eigenvalue weighted by atomic mass is 15.1. The quantitative estimate of drug-likeness (QED) is 0.588. The maximum absolute atomic E-state index is 3.43. The van der Waals surface area contributed by atoms with Crippen molar-refractivity contribution in [3.05, 3.63) is 0 Å². The predicted molar refractivity (Wildman–Crippen MR) is 70.5 cm³/mol. The van der Waals surface area contributed by atoms with E-state index in [2.05, 4.69) is 43.6 Å². The molecule has 0 aromatic heterocycles. The van der Waals surface area contributed by atoms with Gasteiger partial charge in [-0.2, -0.15) is 0 Å². The summed E-state index contributed by atoms with van der Waals surface area (Å²) in [4.78, 5) is 0. The highest BCUT2D eigenvalue weighted by Gasteiger charge is 2.12. The van der Waals surface area contributed by atoms with Gasteiger partial charge in [-0.3, -0.25) is 0 Å². The Balaban J connectivity index is 0.000000160. The molecule has 96 valence electrons. The average molecular weight is 227 g/mol. The molecule has 0 aromatic rings. The van der Waals surface area contributed by atoms with Gasteiger partial charge < -0.3 is 16.0 Å².